The van der Waals surface area contributed by atoms with E-state index in [9.17, 15) is 9.59 Å². The third-order valence-electron chi connectivity index (χ3n) is 4.78. The van der Waals surface area contributed by atoms with Crippen LogP contribution >= 0.6 is 22.7 Å². The molecule has 33 heavy (non-hydrogen) atoms. The molecular formula is C24H23N5O2S2. The number of amides is 2. The Bertz CT molecular complexity index is 1260. The predicted molar refractivity (Wildman–Crippen MR) is 135 cm³/mol. The van der Waals surface area contributed by atoms with Crippen molar-refractivity contribution in [1.82, 2.24) is 4.98 Å². The molecule has 0 aliphatic rings. The van der Waals surface area contributed by atoms with E-state index in [1.165, 1.54) is 48.0 Å². The fraction of sp³-hybridized carbons (Fsp3) is 0.208. The standard InChI is InChI=1S/C24H23N5O2S2/c1-3-4-5-16-6-10-19(11-7-16)28-29-21-14-20-23(33-21)27-24(32-20)26-22(31)17-8-12-18(13-9-17)25-15(2)30/h6-14H,3-5H2,1-2H3,(H,25,30)(H,26,27,31). The monoisotopic (exact) mass is 477 g/mol. The molecule has 0 bridgehead atoms. The molecule has 0 radical (unpaired) electrons. The zero-order chi connectivity index (χ0) is 23.2. The summed E-state index contributed by atoms with van der Waals surface area (Å²) in [6, 6.07) is 16.8. The number of benzene rings is 2. The van der Waals surface area contributed by atoms with Gasteiger partial charge in [0, 0.05) is 18.2 Å². The molecular weight excluding hydrogens is 454 g/mol. The number of unbranched alkanes of at least 4 members (excludes halogenated alkanes) is 1. The summed E-state index contributed by atoms with van der Waals surface area (Å²) in [5.41, 5.74) is 3.26. The predicted octanol–water partition coefficient (Wildman–Crippen LogP) is 7.33. The van der Waals surface area contributed by atoms with Crippen LogP contribution < -0.4 is 10.6 Å². The van der Waals surface area contributed by atoms with E-state index < -0.39 is 0 Å². The molecule has 4 aromatic rings. The van der Waals surface area contributed by atoms with Crippen molar-refractivity contribution in [3.63, 3.8) is 0 Å². The number of fused-ring (bicyclic) bond motifs is 1. The van der Waals surface area contributed by atoms with E-state index in [0.717, 1.165) is 26.6 Å². The molecule has 9 heteroatoms. The van der Waals surface area contributed by atoms with Gasteiger partial charge in [-0.3, -0.25) is 14.9 Å². The number of thiazole rings is 1. The molecule has 0 aliphatic heterocycles. The number of rotatable bonds is 8. The van der Waals surface area contributed by atoms with Gasteiger partial charge < -0.3 is 5.32 Å². The molecule has 0 saturated carbocycles. The summed E-state index contributed by atoms with van der Waals surface area (Å²) in [6.07, 6.45) is 3.46. The smallest absolute Gasteiger partial charge is 0.257 e. The van der Waals surface area contributed by atoms with Crippen molar-refractivity contribution in [2.45, 2.75) is 33.1 Å². The number of nitrogens with one attached hydrogen (secondary N) is 2. The van der Waals surface area contributed by atoms with Crippen molar-refractivity contribution in [2.75, 3.05) is 10.6 Å². The Kier molecular flexibility index (Phi) is 7.21. The molecule has 0 fully saturated rings. The lowest BCUT2D eigenvalue weighted by Crippen LogP contribution is -2.12. The Hall–Kier alpha value is -3.43. The number of aryl methyl sites for hydroxylation is 1. The second kappa shape index (κ2) is 10.5. The van der Waals surface area contributed by atoms with Crippen molar-refractivity contribution in [1.29, 1.82) is 0 Å². The highest BCUT2D eigenvalue weighted by molar-refractivity contribution is 7.30. The number of anilines is 2. The first-order valence-corrected chi connectivity index (χ1v) is 12.2. The lowest BCUT2D eigenvalue weighted by molar-refractivity contribution is -0.114. The van der Waals surface area contributed by atoms with Gasteiger partial charge in [-0.15, -0.1) is 10.2 Å². The van der Waals surface area contributed by atoms with Crippen LogP contribution in [0.3, 0.4) is 0 Å². The van der Waals surface area contributed by atoms with Gasteiger partial charge in [0.2, 0.25) is 5.91 Å². The van der Waals surface area contributed by atoms with Crippen LogP contribution in [-0.2, 0) is 11.2 Å². The Balaban J connectivity index is 1.38. The van der Waals surface area contributed by atoms with Crippen LogP contribution in [0.25, 0.3) is 9.53 Å². The number of thiophene rings is 1. The van der Waals surface area contributed by atoms with E-state index >= 15 is 0 Å². The summed E-state index contributed by atoms with van der Waals surface area (Å²) >= 11 is 2.82. The normalized spacial score (nSPS) is 11.2. The van der Waals surface area contributed by atoms with Gasteiger partial charge in [0.05, 0.1) is 10.4 Å². The van der Waals surface area contributed by atoms with Crippen LogP contribution in [-0.4, -0.2) is 16.8 Å². The van der Waals surface area contributed by atoms with E-state index in [1.807, 2.05) is 18.2 Å². The number of aromatic nitrogens is 1. The van der Waals surface area contributed by atoms with Gasteiger partial charge in [0.25, 0.3) is 5.91 Å². The molecule has 0 saturated heterocycles. The summed E-state index contributed by atoms with van der Waals surface area (Å²) in [6.45, 7) is 3.63. The lowest BCUT2D eigenvalue weighted by Gasteiger charge is -2.04. The van der Waals surface area contributed by atoms with E-state index in [4.69, 9.17) is 0 Å². The minimum atomic E-state index is -0.256. The van der Waals surface area contributed by atoms with Crippen LogP contribution in [0.1, 0.15) is 42.6 Å². The van der Waals surface area contributed by atoms with E-state index in [2.05, 4.69) is 44.9 Å². The third kappa shape index (κ3) is 6.09. The average molecular weight is 478 g/mol. The van der Waals surface area contributed by atoms with Crippen molar-refractivity contribution in [2.24, 2.45) is 10.2 Å². The van der Waals surface area contributed by atoms with Crippen molar-refractivity contribution >= 4 is 65.5 Å². The highest BCUT2D eigenvalue weighted by Crippen LogP contribution is 2.38. The SMILES string of the molecule is CCCCc1ccc(N=Nc2cc3sc(NC(=O)c4ccc(NC(C)=O)cc4)nc3s2)cc1. The fourth-order valence-electron chi connectivity index (χ4n) is 3.12. The maximum absolute atomic E-state index is 12.5. The van der Waals surface area contributed by atoms with E-state index in [-0.39, 0.29) is 11.8 Å². The largest absolute Gasteiger partial charge is 0.326 e. The van der Waals surface area contributed by atoms with Crippen molar-refractivity contribution in [3.05, 3.63) is 65.7 Å². The highest BCUT2D eigenvalue weighted by Gasteiger charge is 2.12. The molecule has 0 aliphatic carbocycles. The Labute approximate surface area is 199 Å². The van der Waals surface area contributed by atoms with Gasteiger partial charge in [-0.25, -0.2) is 4.98 Å². The fourth-order valence-corrected chi connectivity index (χ4v) is 5.05. The molecule has 4 rings (SSSR count). The van der Waals surface area contributed by atoms with Crippen molar-refractivity contribution < 1.29 is 9.59 Å². The van der Waals surface area contributed by atoms with Crippen LogP contribution in [0.2, 0.25) is 0 Å². The Morgan fingerprint density at radius 2 is 1.73 bits per heavy atom. The molecule has 2 N–H and O–H groups in total. The summed E-state index contributed by atoms with van der Waals surface area (Å²) in [5.74, 6) is -0.414. The molecule has 7 nitrogen and oxygen atoms in total. The van der Waals surface area contributed by atoms with E-state index in [0.29, 0.717) is 16.4 Å². The molecule has 0 unspecified atom stereocenters. The second-order valence-electron chi connectivity index (χ2n) is 7.46. The van der Waals surface area contributed by atoms with Crippen molar-refractivity contribution in [3.8, 4) is 0 Å². The topological polar surface area (TPSA) is 95.8 Å². The van der Waals surface area contributed by atoms with Gasteiger partial charge in [-0.2, -0.15) is 0 Å². The number of hydrogen-bond acceptors (Lipinski definition) is 7. The van der Waals surface area contributed by atoms with Crippen LogP contribution in [0.15, 0.2) is 64.8 Å². The zero-order valence-electron chi connectivity index (χ0n) is 18.3. The first-order chi connectivity index (χ1) is 16.0. The summed E-state index contributed by atoms with van der Waals surface area (Å²) in [5, 5.41) is 15.5. The minimum absolute atomic E-state index is 0.158. The average Bonchev–Trinajstić information content (AvgIpc) is 3.35. The van der Waals surface area contributed by atoms with E-state index in [1.54, 1.807) is 24.3 Å². The number of hydrogen-bond donors (Lipinski definition) is 2. The third-order valence-corrected chi connectivity index (χ3v) is 6.74. The van der Waals surface area contributed by atoms with Gasteiger partial charge in [-0.1, -0.05) is 48.2 Å². The lowest BCUT2D eigenvalue weighted by atomic mass is 10.1. The van der Waals surface area contributed by atoms with Gasteiger partial charge >= 0.3 is 0 Å². The minimum Gasteiger partial charge on any atom is -0.326 e. The zero-order valence-corrected chi connectivity index (χ0v) is 19.9. The second-order valence-corrected chi connectivity index (χ2v) is 9.50. The molecule has 2 amide bonds. The van der Waals surface area contributed by atoms with Crippen LogP contribution in [0.4, 0.5) is 21.5 Å². The molecule has 2 aromatic carbocycles. The molecule has 168 valence electrons. The molecule has 0 spiro atoms. The number of azo groups is 1. The number of nitrogens with zero attached hydrogens (tertiary/aromatic N) is 3. The summed E-state index contributed by atoms with van der Waals surface area (Å²) in [4.78, 5) is 28.9. The Morgan fingerprint density at radius 3 is 2.39 bits per heavy atom. The van der Waals surface area contributed by atoms with Gasteiger partial charge in [0.1, 0.15) is 9.83 Å². The summed E-state index contributed by atoms with van der Waals surface area (Å²) < 4.78 is 0.945. The molecule has 2 heterocycles. The highest BCUT2D eigenvalue weighted by atomic mass is 32.1. The first-order valence-electron chi connectivity index (χ1n) is 10.6. The number of carbonyl (C=O) groups excluding carboxylic acids is 2. The van der Waals surface area contributed by atoms with Crippen LogP contribution in [0, 0.1) is 0 Å². The summed E-state index contributed by atoms with van der Waals surface area (Å²) in [7, 11) is 0. The molecule has 0 atom stereocenters. The molecule has 2 aromatic heterocycles. The first kappa shape index (κ1) is 22.8. The van der Waals surface area contributed by atoms with Gasteiger partial charge in [0.15, 0.2) is 5.13 Å². The maximum atomic E-state index is 12.5. The quantitative estimate of drug-likeness (QED) is 0.260. The van der Waals surface area contributed by atoms with Crippen LogP contribution in [0.5, 0.6) is 0 Å². The number of carbonyl (C=O) groups is 2. The van der Waals surface area contributed by atoms with Gasteiger partial charge in [-0.05, 0) is 60.9 Å². The Morgan fingerprint density at radius 1 is 0.970 bits per heavy atom. The maximum Gasteiger partial charge on any atom is 0.257 e.